The van der Waals surface area contributed by atoms with Crippen LogP contribution in [0.15, 0.2) is 79.0 Å². The maximum absolute atomic E-state index is 5.91. The first-order chi connectivity index (χ1) is 15.0. The largest absolute Gasteiger partial charge is 0.347 e. The first kappa shape index (κ1) is 21.1. The molecule has 3 nitrogen and oxygen atoms in total. The summed E-state index contributed by atoms with van der Waals surface area (Å²) in [7, 11) is 0. The van der Waals surface area contributed by atoms with E-state index in [1.165, 1.54) is 33.2 Å². The normalized spacial score (nSPS) is 10.9. The van der Waals surface area contributed by atoms with Crippen molar-refractivity contribution in [3.05, 3.63) is 101 Å². The van der Waals surface area contributed by atoms with E-state index in [0.717, 1.165) is 30.4 Å². The maximum Gasteiger partial charge on any atom is 0.174 e. The van der Waals surface area contributed by atoms with Gasteiger partial charge in [0.25, 0.3) is 0 Å². The predicted molar refractivity (Wildman–Crippen MR) is 135 cm³/mol. The van der Waals surface area contributed by atoms with Gasteiger partial charge < -0.3 is 14.8 Å². The van der Waals surface area contributed by atoms with Gasteiger partial charge in [0, 0.05) is 42.4 Å². The average Bonchev–Trinajstić information content (AvgIpc) is 3.13. The van der Waals surface area contributed by atoms with Gasteiger partial charge in [0.05, 0.1) is 0 Å². The van der Waals surface area contributed by atoms with Crippen LogP contribution in [0, 0.1) is 13.8 Å². The number of anilines is 1. The second-order valence-electron chi connectivity index (χ2n) is 8.05. The molecule has 1 N–H and O–H groups in total. The van der Waals surface area contributed by atoms with Crippen molar-refractivity contribution in [1.82, 2.24) is 9.47 Å². The van der Waals surface area contributed by atoms with Crippen LogP contribution < -0.4 is 5.32 Å². The van der Waals surface area contributed by atoms with Gasteiger partial charge in [0.15, 0.2) is 5.11 Å². The number of aromatic nitrogens is 1. The summed E-state index contributed by atoms with van der Waals surface area (Å²) in [5.41, 5.74) is 7.31. The lowest BCUT2D eigenvalue weighted by molar-refractivity contribution is 0.414. The zero-order chi connectivity index (χ0) is 21.8. The molecule has 0 aliphatic rings. The molecule has 0 bridgehead atoms. The number of hydrogen-bond acceptors (Lipinski definition) is 1. The van der Waals surface area contributed by atoms with E-state index in [1.54, 1.807) is 0 Å². The van der Waals surface area contributed by atoms with Crippen molar-refractivity contribution in [3.63, 3.8) is 0 Å². The highest BCUT2D eigenvalue weighted by Crippen LogP contribution is 2.24. The number of rotatable bonds is 6. The fourth-order valence-corrected chi connectivity index (χ4v) is 4.31. The molecular formula is C27H29N3S. The third kappa shape index (κ3) is 4.80. The first-order valence-electron chi connectivity index (χ1n) is 10.8. The van der Waals surface area contributed by atoms with Gasteiger partial charge in [-0.1, -0.05) is 66.2 Å². The molecule has 4 aromatic rings. The molecule has 0 aliphatic heterocycles. The molecule has 0 spiro atoms. The third-order valence-electron chi connectivity index (χ3n) is 5.70. The smallest absolute Gasteiger partial charge is 0.174 e. The minimum Gasteiger partial charge on any atom is -0.347 e. The van der Waals surface area contributed by atoms with E-state index in [0.29, 0.717) is 0 Å². The van der Waals surface area contributed by atoms with E-state index in [4.69, 9.17) is 12.2 Å². The predicted octanol–water partition coefficient (Wildman–Crippen LogP) is 6.68. The SMILES string of the molecule is CCn1cc(CN(Cc2ccccc2)C(=S)Nc2ccc(C)cc2C)c2ccccc21. The molecule has 0 unspecified atom stereocenters. The van der Waals surface area contributed by atoms with Gasteiger partial charge in [-0.05, 0) is 61.8 Å². The molecule has 0 radical (unpaired) electrons. The Morgan fingerprint density at radius 3 is 2.42 bits per heavy atom. The van der Waals surface area contributed by atoms with E-state index in [2.05, 4.69) is 115 Å². The first-order valence-corrected chi connectivity index (χ1v) is 11.2. The lowest BCUT2D eigenvalue weighted by atomic mass is 10.1. The molecule has 0 amide bonds. The molecule has 0 atom stereocenters. The molecule has 3 aromatic carbocycles. The molecular weight excluding hydrogens is 398 g/mol. The number of nitrogens with zero attached hydrogens (tertiary/aromatic N) is 2. The topological polar surface area (TPSA) is 20.2 Å². The van der Waals surface area contributed by atoms with E-state index >= 15 is 0 Å². The summed E-state index contributed by atoms with van der Waals surface area (Å²) in [6, 6.07) is 25.5. The van der Waals surface area contributed by atoms with Crippen molar-refractivity contribution in [3.8, 4) is 0 Å². The fourth-order valence-electron chi connectivity index (χ4n) is 4.07. The van der Waals surface area contributed by atoms with Gasteiger partial charge in [-0.25, -0.2) is 0 Å². The van der Waals surface area contributed by atoms with Crippen LogP contribution in [-0.2, 0) is 19.6 Å². The Hall–Kier alpha value is -3.11. The molecule has 0 fully saturated rings. The summed E-state index contributed by atoms with van der Waals surface area (Å²) in [4.78, 5) is 2.26. The summed E-state index contributed by atoms with van der Waals surface area (Å²) in [5, 5.41) is 5.53. The number of nitrogens with one attached hydrogen (secondary N) is 1. The number of aryl methyl sites for hydroxylation is 3. The number of thiocarbonyl (C=S) groups is 1. The summed E-state index contributed by atoms with van der Waals surface area (Å²) in [6.45, 7) is 8.87. The van der Waals surface area contributed by atoms with Crippen molar-refractivity contribution in [2.75, 3.05) is 5.32 Å². The van der Waals surface area contributed by atoms with Crippen molar-refractivity contribution in [2.45, 2.75) is 40.4 Å². The van der Waals surface area contributed by atoms with Crippen LogP contribution in [0.1, 0.15) is 29.2 Å². The minimum absolute atomic E-state index is 0.740. The van der Waals surface area contributed by atoms with E-state index < -0.39 is 0 Å². The molecule has 31 heavy (non-hydrogen) atoms. The van der Waals surface area contributed by atoms with Crippen LogP contribution in [0.25, 0.3) is 10.9 Å². The maximum atomic E-state index is 5.91. The van der Waals surface area contributed by atoms with Gasteiger partial charge in [0.1, 0.15) is 0 Å². The Balaban J connectivity index is 1.65. The number of fused-ring (bicyclic) bond motifs is 1. The van der Waals surface area contributed by atoms with Crippen LogP contribution >= 0.6 is 12.2 Å². The van der Waals surface area contributed by atoms with Gasteiger partial charge >= 0.3 is 0 Å². The van der Waals surface area contributed by atoms with Crippen LogP contribution in [0.2, 0.25) is 0 Å². The molecule has 0 saturated carbocycles. The van der Waals surface area contributed by atoms with E-state index in [1.807, 2.05) is 0 Å². The van der Waals surface area contributed by atoms with Gasteiger partial charge in [-0.2, -0.15) is 0 Å². The van der Waals surface area contributed by atoms with Crippen molar-refractivity contribution < 1.29 is 0 Å². The summed E-state index contributed by atoms with van der Waals surface area (Å²) >= 11 is 5.91. The molecule has 1 heterocycles. The van der Waals surface area contributed by atoms with Crippen LogP contribution in [0.3, 0.4) is 0 Å². The Bertz CT molecular complexity index is 1190. The van der Waals surface area contributed by atoms with Gasteiger partial charge in [-0.15, -0.1) is 0 Å². The zero-order valence-electron chi connectivity index (χ0n) is 18.4. The molecule has 1 aromatic heterocycles. The lowest BCUT2D eigenvalue weighted by Gasteiger charge is -2.26. The highest BCUT2D eigenvalue weighted by Gasteiger charge is 2.16. The van der Waals surface area contributed by atoms with Crippen molar-refractivity contribution in [1.29, 1.82) is 0 Å². The lowest BCUT2D eigenvalue weighted by Crippen LogP contribution is -2.34. The van der Waals surface area contributed by atoms with Gasteiger partial charge in [-0.3, -0.25) is 0 Å². The Morgan fingerprint density at radius 2 is 1.68 bits per heavy atom. The quantitative estimate of drug-likeness (QED) is 0.347. The standard InChI is InChI=1S/C27H29N3S/c1-4-29-18-23(24-12-8-9-13-26(24)29)19-30(17-22-10-6-5-7-11-22)27(31)28-25-15-14-20(2)16-21(25)3/h5-16,18H,4,17,19H2,1-3H3,(H,28,31). The highest BCUT2D eigenvalue weighted by molar-refractivity contribution is 7.80. The average molecular weight is 428 g/mol. The fraction of sp³-hybridized carbons (Fsp3) is 0.222. The van der Waals surface area contributed by atoms with Crippen LogP contribution in [0.5, 0.6) is 0 Å². The van der Waals surface area contributed by atoms with E-state index in [-0.39, 0.29) is 0 Å². The molecule has 4 rings (SSSR count). The van der Waals surface area contributed by atoms with Crippen LogP contribution in [0.4, 0.5) is 5.69 Å². The highest BCUT2D eigenvalue weighted by atomic mass is 32.1. The second kappa shape index (κ2) is 9.36. The van der Waals surface area contributed by atoms with E-state index in [9.17, 15) is 0 Å². The molecule has 0 aliphatic carbocycles. The number of hydrogen-bond donors (Lipinski definition) is 1. The van der Waals surface area contributed by atoms with Crippen LogP contribution in [-0.4, -0.2) is 14.6 Å². The summed E-state index contributed by atoms with van der Waals surface area (Å²) < 4.78 is 2.31. The zero-order valence-corrected chi connectivity index (χ0v) is 19.2. The van der Waals surface area contributed by atoms with Crippen molar-refractivity contribution in [2.24, 2.45) is 0 Å². The molecule has 4 heteroatoms. The number of para-hydroxylation sites is 1. The monoisotopic (exact) mass is 427 g/mol. The Labute approximate surface area is 190 Å². The molecule has 0 saturated heterocycles. The minimum atomic E-state index is 0.740. The summed E-state index contributed by atoms with van der Waals surface area (Å²) in [6.07, 6.45) is 2.27. The van der Waals surface area contributed by atoms with Gasteiger partial charge in [0.2, 0.25) is 0 Å². The summed E-state index contributed by atoms with van der Waals surface area (Å²) in [5.74, 6) is 0. The van der Waals surface area contributed by atoms with Crippen molar-refractivity contribution >= 4 is 33.9 Å². The third-order valence-corrected chi connectivity index (χ3v) is 6.06. The second-order valence-corrected chi connectivity index (χ2v) is 8.43. The Morgan fingerprint density at radius 1 is 0.935 bits per heavy atom. The molecule has 158 valence electrons. The number of benzene rings is 3. The Kier molecular flexibility index (Phi) is 6.38.